The quantitative estimate of drug-likeness (QED) is 0.417. The number of nitrogens with one attached hydrogen (secondary N) is 3. The Morgan fingerprint density at radius 2 is 1.28 bits per heavy atom. The summed E-state index contributed by atoms with van der Waals surface area (Å²) in [5.74, 6) is -0.0956. The summed E-state index contributed by atoms with van der Waals surface area (Å²) in [6.07, 6.45) is 0. The number of rotatable bonds is 6. The second-order valence-electron chi connectivity index (χ2n) is 6.23. The Hall–Kier alpha value is -2.96. The van der Waals surface area contributed by atoms with Crippen molar-refractivity contribution in [3.05, 3.63) is 83.9 Å². The molecule has 3 N–H and O–H groups in total. The summed E-state index contributed by atoms with van der Waals surface area (Å²) in [7, 11) is 0. The second kappa shape index (κ2) is 10.0. The van der Waals surface area contributed by atoms with Gasteiger partial charge >= 0.3 is 6.03 Å². The molecule has 3 aromatic rings. The van der Waals surface area contributed by atoms with E-state index in [1.807, 2.05) is 49.4 Å². The lowest BCUT2D eigenvalue weighted by atomic mass is 10.3. The number of benzene rings is 3. The van der Waals surface area contributed by atoms with Crippen LogP contribution in [-0.2, 0) is 4.79 Å². The van der Waals surface area contributed by atoms with Crippen molar-refractivity contribution in [2.75, 3.05) is 16.0 Å². The van der Waals surface area contributed by atoms with Gasteiger partial charge in [0.1, 0.15) is 0 Å². The Balaban J connectivity index is 1.50. The lowest BCUT2D eigenvalue weighted by Crippen LogP contribution is -2.22. The molecular formula is C22H20ClN3O2S. The van der Waals surface area contributed by atoms with Gasteiger partial charge in [-0.2, -0.15) is 0 Å². The predicted octanol–water partition coefficient (Wildman–Crippen LogP) is 6.10. The van der Waals surface area contributed by atoms with E-state index >= 15 is 0 Å². The van der Waals surface area contributed by atoms with Crippen molar-refractivity contribution in [1.29, 1.82) is 0 Å². The molecule has 3 amide bonds. The van der Waals surface area contributed by atoms with Crippen LogP contribution in [0.1, 0.15) is 6.92 Å². The van der Waals surface area contributed by atoms with Gasteiger partial charge in [-0.1, -0.05) is 29.8 Å². The maximum Gasteiger partial charge on any atom is 0.323 e. The average molecular weight is 426 g/mol. The normalized spacial score (nSPS) is 11.4. The first-order valence-electron chi connectivity index (χ1n) is 8.96. The standard InChI is InChI=1S/C22H20ClN3O2S/c1-15(21(27)24-18-9-7-16(23)8-10-18)29-20-13-11-19(12-14-20)26-22(28)25-17-5-3-2-4-6-17/h2-15H,1H3,(H,24,27)(H2,25,26,28). The summed E-state index contributed by atoms with van der Waals surface area (Å²) >= 11 is 7.29. The molecule has 0 aliphatic heterocycles. The third-order valence-electron chi connectivity index (χ3n) is 3.94. The van der Waals surface area contributed by atoms with E-state index in [1.54, 1.807) is 36.4 Å². The highest BCUT2D eigenvalue weighted by Crippen LogP contribution is 2.26. The third kappa shape index (κ3) is 6.55. The van der Waals surface area contributed by atoms with Gasteiger partial charge in [-0.15, -0.1) is 11.8 Å². The number of para-hydroxylation sites is 1. The molecule has 0 saturated heterocycles. The average Bonchev–Trinajstić information content (AvgIpc) is 2.72. The minimum absolute atomic E-state index is 0.0956. The number of halogens is 1. The van der Waals surface area contributed by atoms with Gasteiger partial charge in [0.15, 0.2) is 0 Å². The molecule has 3 rings (SSSR count). The molecule has 0 heterocycles. The molecule has 0 fully saturated rings. The number of thioether (sulfide) groups is 1. The maximum atomic E-state index is 12.4. The van der Waals surface area contributed by atoms with Gasteiger partial charge in [0.2, 0.25) is 5.91 Å². The number of amides is 3. The summed E-state index contributed by atoms with van der Waals surface area (Å²) in [5.41, 5.74) is 2.09. The van der Waals surface area contributed by atoms with Gasteiger partial charge in [-0.3, -0.25) is 4.79 Å². The number of anilines is 3. The van der Waals surface area contributed by atoms with Crippen LogP contribution in [0.4, 0.5) is 21.9 Å². The van der Waals surface area contributed by atoms with Crippen molar-refractivity contribution in [3.63, 3.8) is 0 Å². The number of carbonyl (C=O) groups is 2. The topological polar surface area (TPSA) is 70.2 Å². The third-order valence-corrected chi connectivity index (χ3v) is 5.30. The van der Waals surface area contributed by atoms with Crippen LogP contribution < -0.4 is 16.0 Å². The molecule has 0 bridgehead atoms. The second-order valence-corrected chi connectivity index (χ2v) is 8.08. The maximum absolute atomic E-state index is 12.4. The zero-order valence-electron chi connectivity index (χ0n) is 15.7. The molecule has 7 heteroatoms. The fourth-order valence-electron chi connectivity index (χ4n) is 2.47. The molecule has 29 heavy (non-hydrogen) atoms. The summed E-state index contributed by atoms with van der Waals surface area (Å²) in [4.78, 5) is 25.3. The Morgan fingerprint density at radius 3 is 1.90 bits per heavy atom. The molecule has 5 nitrogen and oxygen atoms in total. The highest BCUT2D eigenvalue weighted by atomic mass is 35.5. The van der Waals surface area contributed by atoms with Gasteiger partial charge in [-0.25, -0.2) is 4.79 Å². The molecule has 0 aliphatic rings. The summed E-state index contributed by atoms with van der Waals surface area (Å²) in [6.45, 7) is 1.84. The molecule has 1 unspecified atom stereocenters. The molecular weight excluding hydrogens is 406 g/mol. The predicted molar refractivity (Wildman–Crippen MR) is 121 cm³/mol. The monoisotopic (exact) mass is 425 g/mol. The van der Waals surface area contributed by atoms with Crippen molar-refractivity contribution >= 4 is 52.4 Å². The van der Waals surface area contributed by atoms with Crippen molar-refractivity contribution in [3.8, 4) is 0 Å². The van der Waals surface area contributed by atoms with Crippen LogP contribution in [0.5, 0.6) is 0 Å². The summed E-state index contributed by atoms with van der Waals surface area (Å²) in [6, 6.07) is 23.2. The summed E-state index contributed by atoms with van der Waals surface area (Å²) in [5, 5.41) is 8.75. The largest absolute Gasteiger partial charge is 0.325 e. The van der Waals surface area contributed by atoms with Gasteiger partial charge in [-0.05, 0) is 67.6 Å². The molecule has 1 atom stereocenters. The SMILES string of the molecule is CC(Sc1ccc(NC(=O)Nc2ccccc2)cc1)C(=O)Nc1ccc(Cl)cc1. The summed E-state index contributed by atoms with van der Waals surface area (Å²) < 4.78 is 0. The molecule has 0 saturated carbocycles. The lowest BCUT2D eigenvalue weighted by Gasteiger charge is -2.13. The van der Waals surface area contributed by atoms with Crippen molar-refractivity contribution in [2.24, 2.45) is 0 Å². The van der Waals surface area contributed by atoms with E-state index in [-0.39, 0.29) is 17.2 Å². The highest BCUT2D eigenvalue weighted by Gasteiger charge is 2.14. The Bertz CT molecular complexity index is 964. The number of carbonyl (C=O) groups excluding carboxylic acids is 2. The molecule has 0 aromatic heterocycles. The molecule has 0 aliphatic carbocycles. The molecule has 0 radical (unpaired) electrons. The van der Waals surface area contributed by atoms with Crippen LogP contribution >= 0.6 is 23.4 Å². The van der Waals surface area contributed by atoms with E-state index in [9.17, 15) is 9.59 Å². The minimum Gasteiger partial charge on any atom is -0.325 e. The zero-order chi connectivity index (χ0) is 20.6. The van der Waals surface area contributed by atoms with Gasteiger partial charge in [0.05, 0.1) is 5.25 Å². The minimum atomic E-state index is -0.313. The zero-order valence-corrected chi connectivity index (χ0v) is 17.3. The highest BCUT2D eigenvalue weighted by molar-refractivity contribution is 8.00. The van der Waals surface area contributed by atoms with E-state index < -0.39 is 0 Å². The van der Waals surface area contributed by atoms with Gasteiger partial charge in [0, 0.05) is 27.0 Å². The first-order valence-corrected chi connectivity index (χ1v) is 10.2. The molecule has 148 valence electrons. The Labute approximate surface area is 178 Å². The van der Waals surface area contributed by atoms with E-state index in [4.69, 9.17) is 11.6 Å². The van der Waals surface area contributed by atoms with Crippen LogP contribution in [0.2, 0.25) is 5.02 Å². The van der Waals surface area contributed by atoms with Crippen LogP contribution in [0.3, 0.4) is 0 Å². The van der Waals surface area contributed by atoms with E-state index in [0.29, 0.717) is 16.4 Å². The smallest absolute Gasteiger partial charge is 0.323 e. The van der Waals surface area contributed by atoms with Crippen molar-refractivity contribution in [1.82, 2.24) is 0 Å². The Kier molecular flexibility index (Phi) is 7.16. The fourth-order valence-corrected chi connectivity index (χ4v) is 3.46. The van der Waals surface area contributed by atoms with Crippen molar-refractivity contribution < 1.29 is 9.59 Å². The van der Waals surface area contributed by atoms with Crippen LogP contribution in [0.25, 0.3) is 0 Å². The molecule has 0 spiro atoms. The van der Waals surface area contributed by atoms with E-state index in [1.165, 1.54) is 11.8 Å². The van der Waals surface area contributed by atoms with E-state index in [2.05, 4.69) is 16.0 Å². The van der Waals surface area contributed by atoms with Crippen LogP contribution in [0.15, 0.2) is 83.8 Å². The first kappa shape index (κ1) is 20.8. The lowest BCUT2D eigenvalue weighted by molar-refractivity contribution is -0.115. The number of hydrogen-bond acceptors (Lipinski definition) is 3. The fraction of sp³-hybridized carbons (Fsp3) is 0.0909. The van der Waals surface area contributed by atoms with Crippen LogP contribution in [-0.4, -0.2) is 17.2 Å². The molecule has 3 aromatic carbocycles. The number of urea groups is 1. The van der Waals surface area contributed by atoms with Gasteiger partial charge in [0.25, 0.3) is 0 Å². The van der Waals surface area contributed by atoms with Crippen LogP contribution in [0, 0.1) is 0 Å². The Morgan fingerprint density at radius 1 is 0.759 bits per heavy atom. The van der Waals surface area contributed by atoms with Gasteiger partial charge < -0.3 is 16.0 Å². The van der Waals surface area contributed by atoms with E-state index in [0.717, 1.165) is 10.6 Å². The number of hydrogen-bond donors (Lipinski definition) is 3. The van der Waals surface area contributed by atoms with Crippen molar-refractivity contribution in [2.45, 2.75) is 17.1 Å². The first-order chi connectivity index (χ1) is 14.0.